The molecule has 12 nitrogen and oxygen atoms in total. The number of rotatable bonds is 8. The van der Waals surface area contributed by atoms with Gasteiger partial charge in [-0.25, -0.2) is 13.2 Å². The summed E-state index contributed by atoms with van der Waals surface area (Å²) in [6.07, 6.45) is -3.37. The second kappa shape index (κ2) is 12.1. The lowest BCUT2D eigenvalue weighted by Gasteiger charge is -2.48. The van der Waals surface area contributed by atoms with E-state index in [2.05, 4.69) is 10.1 Å². The zero-order chi connectivity index (χ0) is 31.9. The summed E-state index contributed by atoms with van der Waals surface area (Å²) < 4.78 is 75.6. The fourth-order valence-electron chi connectivity index (χ4n) is 6.19. The van der Waals surface area contributed by atoms with Crippen LogP contribution in [0.3, 0.4) is 0 Å². The Morgan fingerprint density at radius 1 is 1.09 bits per heavy atom. The van der Waals surface area contributed by atoms with E-state index in [-0.39, 0.29) is 19.1 Å². The summed E-state index contributed by atoms with van der Waals surface area (Å²) in [4.78, 5) is 43.6. The number of sulfone groups is 1. The summed E-state index contributed by atoms with van der Waals surface area (Å²) in [5.41, 5.74) is -1.08. The van der Waals surface area contributed by atoms with Crippen molar-refractivity contribution >= 4 is 27.7 Å². The van der Waals surface area contributed by atoms with Crippen molar-refractivity contribution in [3.8, 4) is 11.8 Å². The van der Waals surface area contributed by atoms with Gasteiger partial charge < -0.3 is 24.6 Å². The van der Waals surface area contributed by atoms with Crippen molar-refractivity contribution in [2.75, 3.05) is 32.8 Å². The second-order valence-corrected chi connectivity index (χ2v) is 13.7. The van der Waals surface area contributed by atoms with Gasteiger partial charge in [-0.3, -0.25) is 14.5 Å². The van der Waals surface area contributed by atoms with E-state index in [1.54, 1.807) is 11.8 Å². The van der Waals surface area contributed by atoms with Crippen molar-refractivity contribution in [3.05, 3.63) is 24.3 Å². The van der Waals surface area contributed by atoms with Gasteiger partial charge in [0.2, 0.25) is 11.8 Å². The van der Waals surface area contributed by atoms with Crippen LogP contribution in [0.2, 0.25) is 0 Å². The van der Waals surface area contributed by atoms with Crippen molar-refractivity contribution in [1.29, 1.82) is 5.26 Å². The first-order valence-corrected chi connectivity index (χ1v) is 16.1. The Morgan fingerprint density at radius 3 is 2.34 bits per heavy atom. The van der Waals surface area contributed by atoms with Crippen LogP contribution in [-0.4, -0.2) is 109 Å². The molecule has 0 radical (unpaired) electrons. The van der Waals surface area contributed by atoms with Gasteiger partial charge in [0.25, 0.3) is 0 Å². The monoisotopic (exact) mass is 641 g/mol. The van der Waals surface area contributed by atoms with E-state index in [1.807, 2.05) is 11.0 Å². The molecule has 4 fully saturated rings. The molecule has 44 heavy (non-hydrogen) atoms. The number of ether oxygens (including phenoxy) is 2. The molecule has 3 amide bonds. The van der Waals surface area contributed by atoms with Gasteiger partial charge in [-0.2, -0.15) is 5.26 Å². The summed E-state index contributed by atoms with van der Waals surface area (Å²) in [6.45, 7) is 3.08. The Morgan fingerprint density at radius 2 is 1.77 bits per heavy atom. The Balaban J connectivity index is 1.35. The highest BCUT2D eigenvalue weighted by Crippen LogP contribution is 2.39. The lowest BCUT2D eigenvalue weighted by atomic mass is 9.93. The summed E-state index contributed by atoms with van der Waals surface area (Å²) >= 11 is 0. The molecule has 1 aromatic carbocycles. The van der Waals surface area contributed by atoms with Crippen molar-refractivity contribution in [1.82, 2.24) is 20.0 Å². The number of amides is 3. The molecule has 3 saturated heterocycles. The molecule has 1 aliphatic carbocycles. The number of hydrogen-bond acceptors (Lipinski definition) is 9. The standard InChI is InChI=1S/C28H34F3N5O7S/c1-2-42-26(39)34-12-7-18(8-13-34)35-14-9-20(35)25(38)36-16-19(15-21(36)24(37)33-27(17-32)10-11-27)44(40,41)23-6-4-3-5-22(23)43-28(29,30)31/h3-6,18-21H,2,7-16H2,1H3,(H,33,37)/t19-,20?,21+/m1/s1. The number of para-hydroxylation sites is 1. The molecule has 0 spiro atoms. The summed E-state index contributed by atoms with van der Waals surface area (Å²) in [5.74, 6) is -2.03. The Kier molecular flexibility index (Phi) is 8.74. The number of nitriles is 1. The van der Waals surface area contributed by atoms with Gasteiger partial charge >= 0.3 is 12.5 Å². The van der Waals surface area contributed by atoms with Crippen LogP contribution in [0, 0.1) is 11.3 Å². The summed E-state index contributed by atoms with van der Waals surface area (Å²) in [6, 6.07) is 4.53. The lowest BCUT2D eigenvalue weighted by Crippen LogP contribution is -2.63. The molecule has 3 atom stereocenters. The molecular weight excluding hydrogens is 607 g/mol. The van der Waals surface area contributed by atoms with Crippen molar-refractivity contribution in [2.24, 2.45) is 0 Å². The zero-order valence-electron chi connectivity index (χ0n) is 24.1. The van der Waals surface area contributed by atoms with Gasteiger partial charge in [0.15, 0.2) is 9.84 Å². The smallest absolute Gasteiger partial charge is 0.450 e. The van der Waals surface area contributed by atoms with E-state index >= 15 is 0 Å². The zero-order valence-corrected chi connectivity index (χ0v) is 24.9. The molecule has 1 N–H and O–H groups in total. The quantitative estimate of drug-likeness (QED) is 0.451. The highest BCUT2D eigenvalue weighted by molar-refractivity contribution is 7.92. The van der Waals surface area contributed by atoms with Gasteiger partial charge in [-0.05, 0) is 57.6 Å². The molecule has 1 saturated carbocycles. The minimum Gasteiger partial charge on any atom is -0.450 e. The molecule has 1 aromatic rings. The highest BCUT2D eigenvalue weighted by atomic mass is 32.2. The van der Waals surface area contributed by atoms with E-state index in [0.29, 0.717) is 51.7 Å². The van der Waals surface area contributed by atoms with Gasteiger partial charge in [0.05, 0.1) is 24.0 Å². The van der Waals surface area contributed by atoms with Crippen LogP contribution in [0.4, 0.5) is 18.0 Å². The number of carbonyl (C=O) groups is 3. The Bertz CT molecular complexity index is 1440. The summed E-state index contributed by atoms with van der Waals surface area (Å²) in [7, 11) is -4.50. The molecular formula is C28H34F3N5O7S. The van der Waals surface area contributed by atoms with Crippen molar-refractivity contribution in [3.63, 3.8) is 0 Å². The molecule has 5 rings (SSSR count). The first-order valence-electron chi connectivity index (χ1n) is 14.6. The maximum Gasteiger partial charge on any atom is 0.573 e. The molecule has 3 aliphatic heterocycles. The number of nitrogens with zero attached hydrogens (tertiary/aromatic N) is 4. The molecule has 240 valence electrons. The number of halogens is 3. The summed E-state index contributed by atoms with van der Waals surface area (Å²) in [5, 5.41) is 10.7. The third-order valence-corrected chi connectivity index (χ3v) is 11.0. The van der Waals surface area contributed by atoms with E-state index in [4.69, 9.17) is 4.74 Å². The lowest BCUT2D eigenvalue weighted by molar-refractivity contribution is -0.275. The maximum absolute atomic E-state index is 14.0. The van der Waals surface area contributed by atoms with Gasteiger partial charge in [0, 0.05) is 32.2 Å². The minimum atomic E-state index is -5.14. The second-order valence-electron chi connectivity index (χ2n) is 11.5. The fraction of sp³-hybridized carbons (Fsp3) is 0.643. The molecule has 4 aliphatic rings. The van der Waals surface area contributed by atoms with E-state index in [1.165, 1.54) is 17.0 Å². The third-order valence-electron chi connectivity index (χ3n) is 8.80. The first kappa shape index (κ1) is 31.8. The van der Waals surface area contributed by atoms with E-state index < -0.39 is 74.2 Å². The van der Waals surface area contributed by atoms with Gasteiger partial charge in [-0.15, -0.1) is 13.2 Å². The Labute approximate surface area is 252 Å². The normalized spacial score (nSPS) is 25.5. The van der Waals surface area contributed by atoms with Crippen molar-refractivity contribution < 1.29 is 45.4 Å². The Hall–Kier alpha value is -3.58. The topological polar surface area (TPSA) is 149 Å². The number of benzene rings is 1. The van der Waals surface area contributed by atoms with Crippen LogP contribution in [-0.2, 0) is 24.2 Å². The molecule has 0 aromatic heterocycles. The van der Waals surface area contributed by atoms with Gasteiger partial charge in [0.1, 0.15) is 22.2 Å². The van der Waals surface area contributed by atoms with Crippen LogP contribution >= 0.6 is 0 Å². The number of hydrogen-bond donors (Lipinski definition) is 1. The predicted octanol–water partition coefficient (Wildman–Crippen LogP) is 2.20. The van der Waals surface area contributed by atoms with Crippen LogP contribution in [0.1, 0.15) is 45.4 Å². The molecule has 16 heteroatoms. The highest BCUT2D eigenvalue weighted by Gasteiger charge is 2.53. The first-order chi connectivity index (χ1) is 20.8. The average molecular weight is 642 g/mol. The minimum absolute atomic E-state index is 0.0162. The largest absolute Gasteiger partial charge is 0.573 e. The SMILES string of the molecule is CCOC(=O)N1CCC(N2CCC2C(=O)N2C[C@H](S(=O)(=O)c3ccccc3OC(F)(F)F)C[C@H]2C(=O)NC2(C#N)CC2)CC1. The van der Waals surface area contributed by atoms with Crippen molar-refractivity contribution in [2.45, 2.75) is 85.6 Å². The van der Waals surface area contributed by atoms with E-state index in [9.17, 15) is 41.2 Å². The number of alkyl halides is 3. The average Bonchev–Trinajstić information content (AvgIpc) is 3.56. The predicted molar refractivity (Wildman–Crippen MR) is 147 cm³/mol. The number of piperidine rings is 1. The van der Waals surface area contributed by atoms with Crippen LogP contribution < -0.4 is 10.1 Å². The molecule has 1 unspecified atom stereocenters. The third kappa shape index (κ3) is 6.44. The number of likely N-dealkylation sites (tertiary alicyclic amines) is 3. The molecule has 3 heterocycles. The van der Waals surface area contributed by atoms with Crippen LogP contribution in [0.25, 0.3) is 0 Å². The van der Waals surface area contributed by atoms with Crippen LogP contribution in [0.15, 0.2) is 29.2 Å². The fourth-order valence-corrected chi connectivity index (χ4v) is 8.00. The number of nitrogens with one attached hydrogen (secondary N) is 1. The number of carbonyl (C=O) groups excluding carboxylic acids is 3. The van der Waals surface area contributed by atoms with Gasteiger partial charge in [-0.1, -0.05) is 12.1 Å². The van der Waals surface area contributed by atoms with Crippen LogP contribution in [0.5, 0.6) is 5.75 Å². The molecule has 0 bridgehead atoms. The van der Waals surface area contributed by atoms with E-state index in [0.717, 1.165) is 12.1 Å². The maximum atomic E-state index is 14.0.